The number of rotatable bonds is 3. The molecule has 1 heterocycles. The largest absolute Gasteiger partial charge is 0.477 e. The van der Waals surface area contributed by atoms with E-state index in [0.717, 1.165) is 11.1 Å². The summed E-state index contributed by atoms with van der Waals surface area (Å²) in [5.41, 5.74) is 1.87. The van der Waals surface area contributed by atoms with Crippen LogP contribution in [0.4, 0.5) is 0 Å². The highest BCUT2D eigenvalue weighted by Gasteiger charge is 2.16. The summed E-state index contributed by atoms with van der Waals surface area (Å²) in [5, 5.41) is 16.5. The van der Waals surface area contributed by atoms with E-state index in [9.17, 15) is 4.79 Å². The highest BCUT2D eigenvalue weighted by molar-refractivity contribution is 6.19. The first-order valence-electron chi connectivity index (χ1n) is 5.38. The lowest BCUT2D eigenvalue weighted by molar-refractivity contribution is -0.130. The van der Waals surface area contributed by atoms with E-state index in [4.69, 9.17) is 9.52 Å². The van der Waals surface area contributed by atoms with Crippen molar-refractivity contribution in [3.05, 3.63) is 47.2 Å². The Kier molecular flexibility index (Phi) is 3.23. The quantitative estimate of drug-likeness (QED) is 0.838. The third kappa shape index (κ3) is 2.63. The number of carboxylic acid groups (broad SMARTS) is 1. The van der Waals surface area contributed by atoms with Crippen LogP contribution >= 0.6 is 0 Å². The molecule has 2 rings (SSSR count). The number of benzene rings is 1. The van der Waals surface area contributed by atoms with Gasteiger partial charge in [0.25, 0.3) is 5.89 Å². The summed E-state index contributed by atoms with van der Waals surface area (Å²) in [7, 11) is 0. The minimum Gasteiger partial charge on any atom is -0.477 e. The Morgan fingerprint density at radius 3 is 2.39 bits per heavy atom. The van der Waals surface area contributed by atoms with Gasteiger partial charge in [-0.3, -0.25) is 0 Å². The molecule has 0 fully saturated rings. The van der Waals surface area contributed by atoms with Crippen LogP contribution in [0.5, 0.6) is 0 Å². The number of aliphatic carboxylic acids is 1. The van der Waals surface area contributed by atoms with Crippen molar-refractivity contribution in [2.45, 2.75) is 13.8 Å². The third-order valence-electron chi connectivity index (χ3n) is 2.38. The maximum absolute atomic E-state index is 11.2. The van der Waals surface area contributed by atoms with Crippen LogP contribution in [0.1, 0.15) is 22.9 Å². The SMILES string of the molecule is Cc1ccc(/C=C(\C(=O)O)c2nnc(C)o2)cc1. The van der Waals surface area contributed by atoms with E-state index >= 15 is 0 Å². The van der Waals surface area contributed by atoms with E-state index in [-0.39, 0.29) is 11.5 Å². The number of aryl methyl sites for hydroxylation is 2. The van der Waals surface area contributed by atoms with Crippen LogP contribution in [0.2, 0.25) is 0 Å². The van der Waals surface area contributed by atoms with E-state index in [0.29, 0.717) is 5.89 Å². The Balaban J connectivity index is 2.42. The second-order valence-electron chi connectivity index (χ2n) is 3.90. The second-order valence-corrected chi connectivity index (χ2v) is 3.90. The molecular weight excluding hydrogens is 232 g/mol. The molecule has 92 valence electrons. The molecule has 0 amide bonds. The maximum Gasteiger partial charge on any atom is 0.341 e. The first-order valence-corrected chi connectivity index (χ1v) is 5.38. The third-order valence-corrected chi connectivity index (χ3v) is 2.38. The smallest absolute Gasteiger partial charge is 0.341 e. The molecule has 18 heavy (non-hydrogen) atoms. The fourth-order valence-electron chi connectivity index (χ4n) is 1.45. The summed E-state index contributed by atoms with van der Waals surface area (Å²) in [6, 6.07) is 7.48. The first-order chi connectivity index (χ1) is 8.56. The van der Waals surface area contributed by atoms with Gasteiger partial charge in [0.2, 0.25) is 5.89 Å². The molecule has 0 saturated carbocycles. The normalized spacial score (nSPS) is 11.6. The van der Waals surface area contributed by atoms with Crippen molar-refractivity contribution in [3.8, 4) is 0 Å². The van der Waals surface area contributed by atoms with Crippen molar-refractivity contribution in [2.75, 3.05) is 0 Å². The molecule has 0 aliphatic carbocycles. The van der Waals surface area contributed by atoms with Gasteiger partial charge < -0.3 is 9.52 Å². The highest BCUT2D eigenvalue weighted by Crippen LogP contribution is 2.17. The Morgan fingerprint density at radius 1 is 1.22 bits per heavy atom. The van der Waals surface area contributed by atoms with Gasteiger partial charge in [0.1, 0.15) is 5.57 Å². The molecule has 0 radical (unpaired) electrons. The van der Waals surface area contributed by atoms with Crippen molar-refractivity contribution in [2.24, 2.45) is 0 Å². The lowest BCUT2D eigenvalue weighted by Crippen LogP contribution is -2.00. The van der Waals surface area contributed by atoms with E-state index in [2.05, 4.69) is 10.2 Å². The summed E-state index contributed by atoms with van der Waals surface area (Å²) in [6.07, 6.45) is 1.51. The van der Waals surface area contributed by atoms with Gasteiger partial charge in [0.05, 0.1) is 0 Å². The van der Waals surface area contributed by atoms with Gasteiger partial charge in [-0.25, -0.2) is 4.79 Å². The minimum absolute atomic E-state index is 0.0144. The molecule has 0 saturated heterocycles. The average molecular weight is 244 g/mol. The predicted molar refractivity (Wildman–Crippen MR) is 65.7 cm³/mol. The maximum atomic E-state index is 11.2. The van der Waals surface area contributed by atoms with Crippen LogP contribution in [-0.4, -0.2) is 21.3 Å². The lowest BCUT2D eigenvalue weighted by atomic mass is 10.1. The number of nitrogens with zero attached hydrogens (tertiary/aromatic N) is 2. The van der Waals surface area contributed by atoms with Gasteiger partial charge in [0, 0.05) is 6.92 Å². The Labute approximate surface area is 104 Å². The van der Waals surface area contributed by atoms with Crippen LogP contribution in [-0.2, 0) is 4.79 Å². The zero-order valence-corrected chi connectivity index (χ0v) is 10.0. The zero-order chi connectivity index (χ0) is 13.1. The Hall–Kier alpha value is -2.43. The molecular formula is C13H12N2O3. The average Bonchev–Trinajstić information content (AvgIpc) is 2.74. The zero-order valence-electron chi connectivity index (χ0n) is 10.0. The highest BCUT2D eigenvalue weighted by atomic mass is 16.4. The van der Waals surface area contributed by atoms with Crippen molar-refractivity contribution < 1.29 is 14.3 Å². The van der Waals surface area contributed by atoms with E-state index in [1.807, 2.05) is 31.2 Å². The van der Waals surface area contributed by atoms with E-state index < -0.39 is 5.97 Å². The first kappa shape index (κ1) is 12.0. The fourth-order valence-corrected chi connectivity index (χ4v) is 1.45. The second kappa shape index (κ2) is 4.83. The van der Waals surface area contributed by atoms with Gasteiger partial charge in [-0.05, 0) is 18.6 Å². The van der Waals surface area contributed by atoms with Gasteiger partial charge >= 0.3 is 5.97 Å². The van der Waals surface area contributed by atoms with Crippen LogP contribution in [0.3, 0.4) is 0 Å². The summed E-state index contributed by atoms with van der Waals surface area (Å²) in [6.45, 7) is 3.58. The molecule has 2 aromatic rings. The van der Waals surface area contributed by atoms with Crippen LogP contribution < -0.4 is 0 Å². The fraction of sp³-hybridized carbons (Fsp3) is 0.154. The Bertz CT molecular complexity index is 597. The molecule has 0 unspecified atom stereocenters. The molecule has 1 aromatic heterocycles. The molecule has 0 aliphatic heterocycles. The predicted octanol–water partition coefficient (Wildman–Crippen LogP) is 2.31. The molecule has 5 nitrogen and oxygen atoms in total. The number of aromatic nitrogens is 2. The minimum atomic E-state index is -1.10. The number of hydrogen-bond acceptors (Lipinski definition) is 4. The van der Waals surface area contributed by atoms with Crippen molar-refractivity contribution >= 4 is 17.6 Å². The molecule has 0 bridgehead atoms. The molecule has 5 heteroatoms. The van der Waals surface area contributed by atoms with Gasteiger partial charge in [0.15, 0.2) is 0 Å². The molecule has 1 N–H and O–H groups in total. The monoisotopic (exact) mass is 244 g/mol. The lowest BCUT2D eigenvalue weighted by Gasteiger charge is -1.98. The summed E-state index contributed by atoms with van der Waals surface area (Å²) in [4.78, 5) is 11.2. The summed E-state index contributed by atoms with van der Waals surface area (Å²) < 4.78 is 5.13. The molecule has 0 aliphatic rings. The van der Waals surface area contributed by atoms with Crippen molar-refractivity contribution in [1.29, 1.82) is 0 Å². The molecule has 0 atom stereocenters. The number of carbonyl (C=O) groups is 1. The van der Waals surface area contributed by atoms with Gasteiger partial charge in [-0.2, -0.15) is 0 Å². The van der Waals surface area contributed by atoms with Crippen LogP contribution in [0.15, 0.2) is 28.7 Å². The van der Waals surface area contributed by atoms with Crippen LogP contribution in [0.25, 0.3) is 11.6 Å². The standard InChI is InChI=1S/C13H12N2O3/c1-8-3-5-10(6-4-8)7-11(13(16)17)12-15-14-9(2)18-12/h3-7H,1-2H3,(H,16,17)/b11-7-. The molecule has 1 aromatic carbocycles. The summed E-state index contributed by atoms with van der Waals surface area (Å²) in [5.74, 6) is -0.749. The van der Waals surface area contributed by atoms with Gasteiger partial charge in [-0.15, -0.1) is 10.2 Å². The number of hydrogen-bond donors (Lipinski definition) is 1. The number of carboxylic acids is 1. The van der Waals surface area contributed by atoms with E-state index in [1.54, 1.807) is 6.92 Å². The van der Waals surface area contributed by atoms with Crippen molar-refractivity contribution in [3.63, 3.8) is 0 Å². The molecule has 0 spiro atoms. The van der Waals surface area contributed by atoms with E-state index in [1.165, 1.54) is 6.08 Å². The topological polar surface area (TPSA) is 76.2 Å². The van der Waals surface area contributed by atoms with Crippen LogP contribution in [0, 0.1) is 13.8 Å². The Morgan fingerprint density at radius 2 is 1.89 bits per heavy atom. The van der Waals surface area contributed by atoms with Gasteiger partial charge in [-0.1, -0.05) is 29.8 Å². The van der Waals surface area contributed by atoms with Crippen molar-refractivity contribution in [1.82, 2.24) is 10.2 Å². The summed E-state index contributed by atoms with van der Waals surface area (Å²) >= 11 is 0.